The van der Waals surface area contributed by atoms with Crippen molar-refractivity contribution in [3.63, 3.8) is 0 Å². The Bertz CT molecular complexity index is 962. The molecule has 0 saturated heterocycles. The molecule has 0 radical (unpaired) electrons. The predicted molar refractivity (Wildman–Crippen MR) is 97.9 cm³/mol. The van der Waals surface area contributed by atoms with Crippen molar-refractivity contribution in [1.82, 2.24) is 0 Å². The summed E-state index contributed by atoms with van der Waals surface area (Å²) in [6, 6.07) is 15.2. The van der Waals surface area contributed by atoms with Gasteiger partial charge in [0.25, 0.3) is 0 Å². The summed E-state index contributed by atoms with van der Waals surface area (Å²) in [5, 5.41) is 1.94. The van der Waals surface area contributed by atoms with Crippen LogP contribution in [0.3, 0.4) is 0 Å². The van der Waals surface area contributed by atoms with Crippen molar-refractivity contribution in [2.45, 2.75) is 18.0 Å². The van der Waals surface area contributed by atoms with Crippen LogP contribution in [0.25, 0.3) is 11.1 Å². The van der Waals surface area contributed by atoms with Crippen LogP contribution in [-0.2, 0) is 10.3 Å². The molecule has 1 aliphatic carbocycles. The lowest BCUT2D eigenvalue weighted by atomic mass is 9.80. The Morgan fingerprint density at radius 2 is 1.57 bits per heavy atom. The van der Waals surface area contributed by atoms with Gasteiger partial charge in [0.05, 0.1) is 5.16 Å². The number of hydrogen-bond donors (Lipinski definition) is 0. The van der Waals surface area contributed by atoms with Gasteiger partial charge in [-0.05, 0) is 35.0 Å². The number of allylic oxidation sites excluding steroid dienone is 2. The van der Waals surface area contributed by atoms with Gasteiger partial charge >= 0.3 is 6.36 Å². The molecule has 0 saturated carbocycles. The monoisotopic (exact) mass is 409 g/mol. The zero-order valence-corrected chi connectivity index (χ0v) is 14.9. The van der Waals surface area contributed by atoms with Gasteiger partial charge in [0, 0.05) is 6.08 Å². The van der Waals surface area contributed by atoms with Crippen LogP contribution in [-0.4, -0.2) is 17.6 Å². The summed E-state index contributed by atoms with van der Waals surface area (Å²) in [5.41, 5.74) is -0.497. The average molecular weight is 409 g/mol. The number of benzene rings is 2. The first kappa shape index (κ1) is 20.1. The maximum absolute atomic E-state index is 14.3. The lowest BCUT2D eigenvalue weighted by Crippen LogP contribution is -2.43. The maximum atomic E-state index is 14.3. The van der Waals surface area contributed by atoms with Crippen LogP contribution >= 0.6 is 12.2 Å². The molecule has 0 bridgehead atoms. The highest BCUT2D eigenvalue weighted by atomic mass is 32.1. The largest absolute Gasteiger partial charge is 0.523 e. The third kappa shape index (κ3) is 4.09. The minimum Gasteiger partial charge on any atom is -0.278 e. The van der Waals surface area contributed by atoms with Gasteiger partial charge in [0.2, 0.25) is 0 Å². The first-order valence-electron chi connectivity index (χ1n) is 8.00. The molecule has 28 heavy (non-hydrogen) atoms. The SMILES string of the molecule is FC1=CC(N=C=S)(c2ccc(-c3ccccc3)cc2)C(OC(F)(F)F)C(F)=C1. The molecular weight excluding hydrogens is 397 g/mol. The molecule has 2 aromatic carbocycles. The van der Waals surface area contributed by atoms with Crippen LogP contribution < -0.4 is 0 Å². The van der Waals surface area contributed by atoms with Crippen molar-refractivity contribution >= 4 is 17.4 Å². The summed E-state index contributed by atoms with van der Waals surface area (Å²) in [7, 11) is 0. The lowest BCUT2D eigenvalue weighted by molar-refractivity contribution is -0.345. The summed E-state index contributed by atoms with van der Waals surface area (Å²) in [6.07, 6.45) is -6.39. The number of thiocarbonyl (C=S) groups is 1. The van der Waals surface area contributed by atoms with E-state index >= 15 is 0 Å². The molecule has 0 amide bonds. The van der Waals surface area contributed by atoms with Crippen LogP contribution in [0.15, 0.2) is 83.4 Å². The van der Waals surface area contributed by atoms with Crippen LogP contribution in [0.5, 0.6) is 0 Å². The first-order valence-corrected chi connectivity index (χ1v) is 8.41. The van der Waals surface area contributed by atoms with E-state index in [2.05, 4.69) is 21.9 Å². The second-order valence-electron chi connectivity index (χ2n) is 5.97. The Labute approximate surface area is 162 Å². The fourth-order valence-corrected chi connectivity index (χ4v) is 3.20. The Morgan fingerprint density at radius 1 is 0.964 bits per heavy atom. The molecule has 144 valence electrons. The van der Waals surface area contributed by atoms with Crippen LogP contribution in [0, 0.1) is 0 Å². The van der Waals surface area contributed by atoms with Crippen LogP contribution in [0.4, 0.5) is 22.0 Å². The minimum absolute atomic E-state index is 0.0668. The highest BCUT2D eigenvalue weighted by Gasteiger charge is 2.50. The zero-order valence-electron chi connectivity index (χ0n) is 14.1. The van der Waals surface area contributed by atoms with Gasteiger partial charge in [-0.1, -0.05) is 54.6 Å². The van der Waals surface area contributed by atoms with E-state index in [9.17, 15) is 22.0 Å². The normalized spacial score (nSPS) is 22.1. The van der Waals surface area contributed by atoms with E-state index in [0.29, 0.717) is 6.08 Å². The third-order valence-electron chi connectivity index (χ3n) is 4.22. The van der Waals surface area contributed by atoms with Gasteiger partial charge in [-0.15, -0.1) is 13.2 Å². The Balaban J connectivity index is 2.12. The molecule has 2 unspecified atom stereocenters. The summed E-state index contributed by atoms with van der Waals surface area (Å²) < 4.78 is 70.9. The molecule has 2 nitrogen and oxygen atoms in total. The molecule has 8 heteroatoms. The van der Waals surface area contributed by atoms with Crippen molar-refractivity contribution in [1.29, 1.82) is 0 Å². The van der Waals surface area contributed by atoms with E-state index in [-0.39, 0.29) is 5.56 Å². The fourth-order valence-electron chi connectivity index (χ4n) is 3.05. The summed E-state index contributed by atoms with van der Waals surface area (Å²) >= 11 is 4.53. The quantitative estimate of drug-likeness (QED) is 0.337. The van der Waals surface area contributed by atoms with Gasteiger partial charge in [0.15, 0.2) is 6.10 Å². The predicted octanol–water partition coefficient (Wildman–Crippen LogP) is 6.28. The van der Waals surface area contributed by atoms with E-state index in [0.717, 1.165) is 17.2 Å². The van der Waals surface area contributed by atoms with Crippen LogP contribution in [0.1, 0.15) is 5.56 Å². The zero-order chi connectivity index (χ0) is 20.4. The van der Waals surface area contributed by atoms with Crippen molar-refractivity contribution in [2.75, 3.05) is 0 Å². The Hall–Kier alpha value is -2.67. The minimum atomic E-state index is -5.18. The molecule has 0 aliphatic heterocycles. The van der Waals surface area contributed by atoms with Gasteiger partial charge in [-0.3, -0.25) is 4.74 Å². The van der Waals surface area contributed by atoms with E-state index in [4.69, 9.17) is 0 Å². The van der Waals surface area contributed by atoms with Gasteiger partial charge in [-0.2, -0.15) is 0 Å². The fraction of sp³-hybridized carbons (Fsp3) is 0.150. The molecule has 0 fully saturated rings. The van der Waals surface area contributed by atoms with Gasteiger partial charge in [0.1, 0.15) is 17.2 Å². The molecule has 2 atom stereocenters. The molecule has 0 aromatic heterocycles. The molecule has 0 spiro atoms. The number of hydrogen-bond acceptors (Lipinski definition) is 3. The van der Waals surface area contributed by atoms with Crippen molar-refractivity contribution in [2.24, 2.45) is 4.99 Å². The standard InChI is InChI=1S/C20H12F5NOS/c21-16-10-17(22)18(27-20(23,24)25)19(11-16,26-12-28)15-8-6-14(7-9-15)13-4-2-1-3-5-13/h1-11,18H. The van der Waals surface area contributed by atoms with Crippen molar-refractivity contribution in [3.8, 4) is 11.1 Å². The van der Waals surface area contributed by atoms with Crippen LogP contribution in [0.2, 0.25) is 0 Å². The number of ether oxygens (including phenoxy) is 1. The van der Waals surface area contributed by atoms with Crippen molar-refractivity contribution < 1.29 is 26.7 Å². The highest BCUT2D eigenvalue weighted by Crippen LogP contribution is 2.44. The second-order valence-corrected chi connectivity index (χ2v) is 6.16. The number of isothiocyanates is 1. The summed E-state index contributed by atoms with van der Waals surface area (Å²) in [5.74, 6) is -2.56. The Kier molecular flexibility index (Phi) is 5.56. The number of nitrogens with zero attached hydrogens (tertiary/aromatic N) is 1. The van der Waals surface area contributed by atoms with E-state index in [1.807, 2.05) is 35.5 Å². The first-order chi connectivity index (χ1) is 13.2. The number of aliphatic imine (C=N–C) groups is 1. The number of halogens is 5. The molecule has 3 rings (SSSR count). The van der Waals surface area contributed by atoms with E-state index in [1.54, 1.807) is 12.1 Å². The summed E-state index contributed by atoms with van der Waals surface area (Å²) in [6.45, 7) is 0. The van der Waals surface area contributed by atoms with Crippen molar-refractivity contribution in [3.05, 3.63) is 84.0 Å². The third-order valence-corrected chi connectivity index (χ3v) is 4.31. The van der Waals surface area contributed by atoms with Gasteiger partial charge in [-0.25, -0.2) is 13.8 Å². The molecular formula is C20H12F5NOS. The lowest BCUT2D eigenvalue weighted by Gasteiger charge is -2.35. The topological polar surface area (TPSA) is 21.6 Å². The second kappa shape index (κ2) is 7.75. The van der Waals surface area contributed by atoms with Gasteiger partial charge < -0.3 is 0 Å². The maximum Gasteiger partial charge on any atom is 0.523 e. The molecule has 2 aromatic rings. The Morgan fingerprint density at radius 3 is 2.14 bits per heavy atom. The molecule has 0 heterocycles. The average Bonchev–Trinajstić information content (AvgIpc) is 2.65. The molecule has 0 N–H and O–H groups in total. The highest BCUT2D eigenvalue weighted by molar-refractivity contribution is 7.78. The number of alkyl halides is 3. The molecule has 1 aliphatic rings. The summed E-state index contributed by atoms with van der Waals surface area (Å²) in [4.78, 5) is 3.70. The smallest absolute Gasteiger partial charge is 0.278 e. The van der Waals surface area contributed by atoms with E-state index in [1.165, 1.54) is 12.1 Å². The van der Waals surface area contributed by atoms with E-state index < -0.39 is 29.7 Å². The number of rotatable bonds is 4.